The van der Waals surface area contributed by atoms with Crippen LogP contribution in [0.15, 0.2) is 30.5 Å². The lowest BCUT2D eigenvalue weighted by Gasteiger charge is -2.09. The Hall–Kier alpha value is -2.36. The molecule has 0 bridgehead atoms. The van der Waals surface area contributed by atoms with Crippen LogP contribution in [0.3, 0.4) is 0 Å². The summed E-state index contributed by atoms with van der Waals surface area (Å²) in [7, 11) is 0. The van der Waals surface area contributed by atoms with E-state index in [1.807, 2.05) is 19.1 Å². The van der Waals surface area contributed by atoms with Crippen molar-refractivity contribution in [3.8, 4) is 0 Å². The molecule has 1 amide bonds. The maximum atomic E-state index is 12.3. The Balaban J connectivity index is 1.82. The Bertz CT molecular complexity index is 679. The Morgan fingerprint density at radius 3 is 2.85 bits per heavy atom. The van der Waals surface area contributed by atoms with Gasteiger partial charge in [0.1, 0.15) is 5.82 Å². The van der Waals surface area contributed by atoms with E-state index >= 15 is 0 Å². The molecule has 3 N–H and O–H groups in total. The van der Waals surface area contributed by atoms with Gasteiger partial charge in [0.05, 0.1) is 11.9 Å². The minimum atomic E-state index is -0.125. The van der Waals surface area contributed by atoms with Crippen molar-refractivity contribution in [1.82, 2.24) is 4.98 Å². The van der Waals surface area contributed by atoms with E-state index in [9.17, 15) is 4.79 Å². The lowest BCUT2D eigenvalue weighted by atomic mass is 10.1. The largest absolute Gasteiger partial charge is 0.397 e. The number of rotatable bonds is 2. The fourth-order valence-corrected chi connectivity index (χ4v) is 2.62. The van der Waals surface area contributed by atoms with Gasteiger partial charge in [-0.3, -0.25) is 4.79 Å². The SMILES string of the molecule is Cc1cc(N)cnc1NC(=O)c1ccc2c(c1)CCC2. The van der Waals surface area contributed by atoms with Crippen LogP contribution in [0.5, 0.6) is 0 Å². The summed E-state index contributed by atoms with van der Waals surface area (Å²) in [5.41, 5.74) is 10.5. The molecule has 2 aromatic rings. The minimum absolute atomic E-state index is 0.125. The number of hydrogen-bond donors (Lipinski definition) is 2. The number of pyridine rings is 1. The Morgan fingerprint density at radius 1 is 1.25 bits per heavy atom. The second-order valence-electron chi connectivity index (χ2n) is 5.23. The van der Waals surface area contributed by atoms with Crippen LogP contribution in [-0.2, 0) is 12.8 Å². The lowest BCUT2D eigenvalue weighted by Crippen LogP contribution is -2.14. The van der Waals surface area contributed by atoms with Crippen LogP contribution in [0.1, 0.15) is 33.5 Å². The molecule has 4 heteroatoms. The number of nitrogens with two attached hydrogens (primary N) is 1. The van der Waals surface area contributed by atoms with Crippen molar-refractivity contribution in [2.24, 2.45) is 0 Å². The minimum Gasteiger partial charge on any atom is -0.397 e. The van der Waals surface area contributed by atoms with E-state index in [2.05, 4.69) is 16.4 Å². The van der Waals surface area contributed by atoms with E-state index in [4.69, 9.17) is 5.73 Å². The standard InChI is InChI=1S/C16H17N3O/c1-10-7-14(17)9-18-15(10)19-16(20)13-6-5-11-3-2-4-12(11)8-13/h5-9H,2-4,17H2,1H3,(H,18,19,20). The summed E-state index contributed by atoms with van der Waals surface area (Å²) in [6, 6.07) is 7.72. The summed E-state index contributed by atoms with van der Waals surface area (Å²) < 4.78 is 0. The molecule has 4 nitrogen and oxygen atoms in total. The van der Waals surface area contributed by atoms with E-state index in [1.54, 1.807) is 12.3 Å². The fraction of sp³-hybridized carbons (Fsp3) is 0.250. The monoisotopic (exact) mass is 267 g/mol. The molecule has 1 aromatic carbocycles. The molecule has 0 saturated carbocycles. The molecule has 0 saturated heterocycles. The van der Waals surface area contributed by atoms with E-state index in [-0.39, 0.29) is 5.91 Å². The normalized spacial score (nSPS) is 13.1. The van der Waals surface area contributed by atoms with Gasteiger partial charge in [0.2, 0.25) is 0 Å². The van der Waals surface area contributed by atoms with Crippen molar-refractivity contribution in [1.29, 1.82) is 0 Å². The fourth-order valence-electron chi connectivity index (χ4n) is 2.62. The highest BCUT2D eigenvalue weighted by atomic mass is 16.1. The third-order valence-electron chi connectivity index (χ3n) is 3.69. The van der Waals surface area contributed by atoms with Gasteiger partial charge in [0.25, 0.3) is 5.91 Å². The zero-order chi connectivity index (χ0) is 14.1. The van der Waals surface area contributed by atoms with Gasteiger partial charge < -0.3 is 11.1 Å². The van der Waals surface area contributed by atoms with Crippen molar-refractivity contribution < 1.29 is 4.79 Å². The van der Waals surface area contributed by atoms with Gasteiger partial charge in [-0.2, -0.15) is 0 Å². The summed E-state index contributed by atoms with van der Waals surface area (Å²) in [6.45, 7) is 1.88. The molecule has 0 atom stereocenters. The highest BCUT2D eigenvalue weighted by Crippen LogP contribution is 2.23. The molecule has 1 aliphatic rings. The molecule has 0 aliphatic heterocycles. The van der Waals surface area contributed by atoms with E-state index in [0.717, 1.165) is 18.4 Å². The van der Waals surface area contributed by atoms with E-state index < -0.39 is 0 Å². The summed E-state index contributed by atoms with van der Waals surface area (Å²) in [4.78, 5) is 16.4. The van der Waals surface area contributed by atoms with Gasteiger partial charge >= 0.3 is 0 Å². The van der Waals surface area contributed by atoms with Crippen LogP contribution in [0.4, 0.5) is 11.5 Å². The molecule has 3 rings (SSSR count). The molecule has 102 valence electrons. The highest BCUT2D eigenvalue weighted by molar-refractivity contribution is 6.04. The first-order valence-corrected chi connectivity index (χ1v) is 6.79. The average molecular weight is 267 g/mol. The maximum Gasteiger partial charge on any atom is 0.256 e. The first-order valence-electron chi connectivity index (χ1n) is 6.79. The number of carbonyl (C=O) groups is 1. The molecule has 0 unspecified atom stereocenters. The Labute approximate surface area is 118 Å². The van der Waals surface area contributed by atoms with Crippen molar-refractivity contribution in [2.45, 2.75) is 26.2 Å². The molecule has 0 radical (unpaired) electrons. The summed E-state index contributed by atoms with van der Waals surface area (Å²) >= 11 is 0. The van der Waals surface area contributed by atoms with Crippen molar-refractivity contribution in [2.75, 3.05) is 11.1 Å². The maximum absolute atomic E-state index is 12.3. The van der Waals surface area contributed by atoms with Crippen LogP contribution in [-0.4, -0.2) is 10.9 Å². The average Bonchev–Trinajstić information content (AvgIpc) is 2.89. The number of aromatic nitrogens is 1. The number of hydrogen-bond acceptors (Lipinski definition) is 3. The molecule has 1 aromatic heterocycles. The number of nitrogens with zero attached hydrogens (tertiary/aromatic N) is 1. The number of nitrogens with one attached hydrogen (secondary N) is 1. The lowest BCUT2D eigenvalue weighted by molar-refractivity contribution is 0.102. The Kier molecular flexibility index (Phi) is 3.14. The van der Waals surface area contributed by atoms with Crippen molar-refractivity contribution in [3.05, 3.63) is 52.7 Å². The number of carbonyl (C=O) groups excluding carboxylic acids is 1. The first kappa shape index (κ1) is 12.7. The summed E-state index contributed by atoms with van der Waals surface area (Å²) in [6.07, 6.45) is 4.91. The van der Waals surface area contributed by atoms with Crippen LogP contribution >= 0.6 is 0 Å². The summed E-state index contributed by atoms with van der Waals surface area (Å²) in [5, 5.41) is 2.84. The number of aryl methyl sites for hydroxylation is 3. The number of nitrogen functional groups attached to an aromatic ring is 1. The van der Waals surface area contributed by atoms with E-state index in [1.165, 1.54) is 17.5 Å². The zero-order valence-corrected chi connectivity index (χ0v) is 11.4. The van der Waals surface area contributed by atoms with Gasteiger partial charge in [0.15, 0.2) is 0 Å². The van der Waals surface area contributed by atoms with Gasteiger partial charge in [-0.1, -0.05) is 6.07 Å². The first-order chi connectivity index (χ1) is 9.63. The topological polar surface area (TPSA) is 68.0 Å². The number of fused-ring (bicyclic) bond motifs is 1. The molecule has 1 aliphatic carbocycles. The van der Waals surface area contributed by atoms with Crippen LogP contribution < -0.4 is 11.1 Å². The van der Waals surface area contributed by atoms with Gasteiger partial charge in [0, 0.05) is 5.56 Å². The van der Waals surface area contributed by atoms with Gasteiger partial charge in [-0.25, -0.2) is 4.98 Å². The molecule has 20 heavy (non-hydrogen) atoms. The number of anilines is 2. The molecular formula is C16H17N3O. The van der Waals surface area contributed by atoms with Crippen LogP contribution in [0.2, 0.25) is 0 Å². The zero-order valence-electron chi connectivity index (χ0n) is 11.4. The number of amides is 1. The quantitative estimate of drug-likeness (QED) is 0.879. The highest BCUT2D eigenvalue weighted by Gasteiger charge is 2.14. The predicted octanol–water partition coefficient (Wildman–Crippen LogP) is 2.71. The van der Waals surface area contributed by atoms with Crippen molar-refractivity contribution in [3.63, 3.8) is 0 Å². The molecule has 0 spiro atoms. The second-order valence-corrected chi connectivity index (χ2v) is 5.23. The number of benzene rings is 1. The van der Waals surface area contributed by atoms with Crippen molar-refractivity contribution >= 4 is 17.4 Å². The van der Waals surface area contributed by atoms with E-state index in [0.29, 0.717) is 17.1 Å². The summed E-state index contributed by atoms with van der Waals surface area (Å²) in [5.74, 6) is 0.435. The molecule has 0 fully saturated rings. The van der Waals surface area contributed by atoms with Gasteiger partial charge in [-0.15, -0.1) is 0 Å². The van der Waals surface area contributed by atoms with Crippen LogP contribution in [0.25, 0.3) is 0 Å². The van der Waals surface area contributed by atoms with Gasteiger partial charge in [-0.05, 0) is 61.1 Å². The van der Waals surface area contributed by atoms with Crippen LogP contribution in [0, 0.1) is 6.92 Å². The third-order valence-corrected chi connectivity index (χ3v) is 3.69. The molecular weight excluding hydrogens is 250 g/mol. The Morgan fingerprint density at radius 2 is 2.05 bits per heavy atom. The second kappa shape index (κ2) is 4.96. The smallest absolute Gasteiger partial charge is 0.256 e. The molecule has 1 heterocycles. The predicted molar refractivity (Wildman–Crippen MR) is 79.8 cm³/mol. The third kappa shape index (κ3) is 2.37.